The first-order valence-corrected chi connectivity index (χ1v) is 7.73. The average molecular weight is 344 g/mol. The highest BCUT2D eigenvalue weighted by Gasteiger charge is 2.15. The summed E-state index contributed by atoms with van der Waals surface area (Å²) in [5, 5.41) is 1.12. The van der Waals surface area contributed by atoms with E-state index in [0.29, 0.717) is 16.7 Å². The summed E-state index contributed by atoms with van der Waals surface area (Å²) in [5.74, 6) is 1.61. The largest absolute Gasteiger partial charge is 0.347 e. The number of fused-ring (bicyclic) bond motifs is 1. The third-order valence-electron chi connectivity index (χ3n) is 3.52. The first-order valence-electron chi connectivity index (χ1n) is 6.98. The van der Waals surface area contributed by atoms with Crippen molar-refractivity contribution < 1.29 is 0 Å². The van der Waals surface area contributed by atoms with Gasteiger partial charge in [0.15, 0.2) is 5.65 Å². The van der Waals surface area contributed by atoms with Crippen LogP contribution in [0.2, 0.25) is 10.2 Å². The zero-order valence-electron chi connectivity index (χ0n) is 11.9. The average Bonchev–Trinajstić information content (AvgIpc) is 3.17. The Balaban J connectivity index is 1.93. The molecule has 0 atom stereocenters. The highest BCUT2D eigenvalue weighted by atomic mass is 35.5. The quantitative estimate of drug-likeness (QED) is 0.567. The minimum atomic E-state index is 0.431. The summed E-state index contributed by atoms with van der Waals surface area (Å²) in [6.45, 7) is 0.523. The van der Waals surface area contributed by atoms with E-state index in [1.807, 2.05) is 34.9 Å². The minimum Gasteiger partial charge on any atom is -0.347 e. The van der Waals surface area contributed by atoms with Gasteiger partial charge in [-0.2, -0.15) is 0 Å². The van der Waals surface area contributed by atoms with Crippen LogP contribution in [0.15, 0.2) is 48.8 Å². The molecule has 0 fully saturated rings. The summed E-state index contributed by atoms with van der Waals surface area (Å²) in [5.41, 5.74) is 2.46. The van der Waals surface area contributed by atoms with Crippen LogP contribution >= 0.6 is 23.2 Å². The summed E-state index contributed by atoms with van der Waals surface area (Å²) >= 11 is 12.0. The third kappa shape index (κ3) is 2.69. The minimum absolute atomic E-state index is 0.431. The number of hydrogen-bond donors (Lipinski definition) is 1. The van der Waals surface area contributed by atoms with Crippen molar-refractivity contribution in [3.05, 3.63) is 64.8 Å². The molecule has 114 valence electrons. The van der Waals surface area contributed by atoms with Gasteiger partial charge >= 0.3 is 0 Å². The number of aromatic nitrogens is 5. The molecule has 23 heavy (non-hydrogen) atoms. The van der Waals surface area contributed by atoms with Crippen molar-refractivity contribution in [3.63, 3.8) is 0 Å². The summed E-state index contributed by atoms with van der Waals surface area (Å²) in [4.78, 5) is 16.5. The lowest BCUT2D eigenvalue weighted by Crippen LogP contribution is -2.04. The Labute approximate surface area is 141 Å². The fraction of sp³-hybridized carbons (Fsp3) is 0.0625. The van der Waals surface area contributed by atoms with Gasteiger partial charge in [-0.1, -0.05) is 23.2 Å². The maximum Gasteiger partial charge on any atom is 0.162 e. The number of rotatable bonds is 3. The number of nitrogens with one attached hydrogen (secondary N) is 1. The van der Waals surface area contributed by atoms with Crippen LogP contribution in [-0.2, 0) is 6.54 Å². The van der Waals surface area contributed by atoms with E-state index < -0.39 is 0 Å². The molecule has 0 radical (unpaired) electrons. The zero-order valence-corrected chi connectivity index (χ0v) is 13.4. The van der Waals surface area contributed by atoms with Crippen molar-refractivity contribution in [2.24, 2.45) is 0 Å². The molecule has 3 heterocycles. The Kier molecular flexibility index (Phi) is 3.52. The number of imidazole rings is 2. The van der Waals surface area contributed by atoms with Crippen LogP contribution in [0.3, 0.4) is 0 Å². The van der Waals surface area contributed by atoms with Gasteiger partial charge in [0.05, 0.1) is 6.54 Å². The maximum absolute atomic E-state index is 6.06. The van der Waals surface area contributed by atoms with Gasteiger partial charge < -0.3 is 9.55 Å². The molecular weight excluding hydrogens is 333 g/mol. The van der Waals surface area contributed by atoms with Crippen molar-refractivity contribution in [2.75, 3.05) is 0 Å². The predicted molar refractivity (Wildman–Crippen MR) is 90.7 cm³/mol. The second-order valence-electron chi connectivity index (χ2n) is 5.04. The fourth-order valence-electron chi connectivity index (χ4n) is 2.48. The monoisotopic (exact) mass is 343 g/mol. The van der Waals surface area contributed by atoms with E-state index in [0.717, 1.165) is 28.4 Å². The normalized spacial score (nSPS) is 11.2. The SMILES string of the molecule is Clc1ccc(-c2nc3ccc(Cl)nc3n2Cc2ncc[nH]2)cc1. The molecule has 5 nitrogen and oxygen atoms in total. The van der Waals surface area contributed by atoms with Gasteiger partial charge in [0.25, 0.3) is 0 Å². The molecule has 4 aromatic rings. The molecule has 0 saturated heterocycles. The molecule has 4 rings (SSSR count). The summed E-state index contributed by atoms with van der Waals surface area (Å²) < 4.78 is 1.99. The van der Waals surface area contributed by atoms with E-state index in [2.05, 4.69) is 15.0 Å². The van der Waals surface area contributed by atoms with Crippen LogP contribution < -0.4 is 0 Å². The van der Waals surface area contributed by atoms with Crippen molar-refractivity contribution >= 4 is 34.4 Å². The molecule has 3 aromatic heterocycles. The molecule has 0 bridgehead atoms. The summed E-state index contributed by atoms with van der Waals surface area (Å²) in [6, 6.07) is 11.2. The Morgan fingerprint density at radius 3 is 2.57 bits per heavy atom. The second-order valence-corrected chi connectivity index (χ2v) is 5.86. The van der Waals surface area contributed by atoms with Crippen LogP contribution in [0.1, 0.15) is 5.82 Å². The summed E-state index contributed by atoms with van der Waals surface area (Å²) in [6.07, 6.45) is 3.51. The lowest BCUT2D eigenvalue weighted by atomic mass is 10.2. The summed E-state index contributed by atoms with van der Waals surface area (Å²) in [7, 11) is 0. The number of halogens is 2. The van der Waals surface area contributed by atoms with Gasteiger partial charge in [0.2, 0.25) is 0 Å². The lowest BCUT2D eigenvalue weighted by Gasteiger charge is -2.07. The van der Waals surface area contributed by atoms with Crippen LogP contribution in [0.5, 0.6) is 0 Å². The van der Waals surface area contributed by atoms with Crippen LogP contribution in [-0.4, -0.2) is 24.5 Å². The van der Waals surface area contributed by atoms with Crippen LogP contribution in [0.4, 0.5) is 0 Å². The van der Waals surface area contributed by atoms with Gasteiger partial charge in [-0.05, 0) is 36.4 Å². The number of aromatic amines is 1. The van der Waals surface area contributed by atoms with Crippen molar-refractivity contribution in [1.82, 2.24) is 24.5 Å². The molecule has 0 unspecified atom stereocenters. The molecule has 7 heteroatoms. The van der Waals surface area contributed by atoms with Gasteiger partial charge in [-0.15, -0.1) is 0 Å². The van der Waals surface area contributed by atoms with E-state index >= 15 is 0 Å². The molecule has 0 saturated carbocycles. The molecule has 0 aliphatic carbocycles. The van der Waals surface area contributed by atoms with Crippen molar-refractivity contribution in [1.29, 1.82) is 0 Å². The number of H-pyrrole nitrogens is 1. The van der Waals surface area contributed by atoms with E-state index in [1.165, 1.54) is 0 Å². The first kappa shape index (κ1) is 14.2. The highest BCUT2D eigenvalue weighted by Crippen LogP contribution is 2.26. The standard InChI is InChI=1S/C16H11Cl2N5/c17-11-3-1-10(2-4-11)15-21-12-5-6-13(18)22-16(12)23(15)9-14-19-7-8-20-14/h1-8H,9H2,(H,19,20). The molecule has 0 aliphatic heterocycles. The van der Waals surface area contributed by atoms with Crippen molar-refractivity contribution in [3.8, 4) is 11.4 Å². The highest BCUT2D eigenvalue weighted by molar-refractivity contribution is 6.30. The fourth-order valence-corrected chi connectivity index (χ4v) is 2.75. The van der Waals surface area contributed by atoms with Crippen LogP contribution in [0, 0.1) is 0 Å². The Bertz CT molecular complexity index is 958. The molecule has 0 aliphatic rings. The van der Waals surface area contributed by atoms with Gasteiger partial charge in [-0.25, -0.2) is 15.0 Å². The van der Waals surface area contributed by atoms with Crippen molar-refractivity contribution in [2.45, 2.75) is 6.54 Å². The number of hydrogen-bond acceptors (Lipinski definition) is 3. The Morgan fingerprint density at radius 2 is 1.83 bits per heavy atom. The third-order valence-corrected chi connectivity index (χ3v) is 3.99. The molecule has 1 aromatic carbocycles. The Morgan fingerprint density at radius 1 is 1.00 bits per heavy atom. The van der Waals surface area contributed by atoms with Gasteiger partial charge in [0.1, 0.15) is 22.3 Å². The van der Waals surface area contributed by atoms with E-state index in [-0.39, 0.29) is 0 Å². The zero-order chi connectivity index (χ0) is 15.8. The topological polar surface area (TPSA) is 59.4 Å². The smallest absolute Gasteiger partial charge is 0.162 e. The van der Waals surface area contributed by atoms with E-state index in [1.54, 1.807) is 18.5 Å². The Hall–Kier alpha value is -2.37. The van der Waals surface area contributed by atoms with Gasteiger partial charge in [-0.3, -0.25) is 0 Å². The van der Waals surface area contributed by atoms with E-state index in [9.17, 15) is 0 Å². The molecule has 1 N–H and O–H groups in total. The predicted octanol–water partition coefficient (Wildman–Crippen LogP) is 4.18. The molecule has 0 amide bonds. The maximum atomic E-state index is 6.06. The first-order chi connectivity index (χ1) is 11.2. The molecule has 0 spiro atoms. The number of pyridine rings is 1. The lowest BCUT2D eigenvalue weighted by molar-refractivity contribution is 0.778. The van der Waals surface area contributed by atoms with E-state index in [4.69, 9.17) is 28.2 Å². The molecular formula is C16H11Cl2N5. The second kappa shape index (κ2) is 5.68. The van der Waals surface area contributed by atoms with Gasteiger partial charge in [0, 0.05) is 23.0 Å². The number of benzene rings is 1. The number of nitrogens with zero attached hydrogens (tertiary/aromatic N) is 4. The van der Waals surface area contributed by atoms with Crippen LogP contribution in [0.25, 0.3) is 22.6 Å².